The number of thiocarbonyl (C=S) groups is 1. The lowest BCUT2D eigenvalue weighted by atomic mass is 10.2. The van der Waals surface area contributed by atoms with E-state index in [2.05, 4.69) is 74.3 Å². The molecule has 0 saturated carbocycles. The van der Waals surface area contributed by atoms with Gasteiger partial charge in [0, 0.05) is 18.7 Å². The average Bonchev–Trinajstić information content (AvgIpc) is 2.62. The summed E-state index contributed by atoms with van der Waals surface area (Å²) < 4.78 is 13.6. The van der Waals surface area contributed by atoms with Crippen LogP contribution in [0.2, 0.25) is 0 Å². The van der Waals surface area contributed by atoms with Gasteiger partial charge < -0.3 is 14.4 Å². The third-order valence-corrected chi connectivity index (χ3v) is 5.87. The molecule has 126 valence electrons. The van der Waals surface area contributed by atoms with E-state index >= 15 is 0 Å². The van der Waals surface area contributed by atoms with Crippen LogP contribution in [0.1, 0.15) is 11.1 Å². The van der Waals surface area contributed by atoms with E-state index in [4.69, 9.17) is 21.7 Å². The summed E-state index contributed by atoms with van der Waals surface area (Å²) in [6.07, 6.45) is 0. The van der Waals surface area contributed by atoms with Crippen LogP contribution in [0.3, 0.4) is 0 Å². The fourth-order valence-corrected chi connectivity index (χ4v) is 4.88. The summed E-state index contributed by atoms with van der Waals surface area (Å²) in [7, 11) is 0. The molecule has 1 heterocycles. The molecule has 0 atom stereocenters. The van der Waals surface area contributed by atoms with Gasteiger partial charge in [0.2, 0.25) is 0 Å². The summed E-state index contributed by atoms with van der Waals surface area (Å²) in [6.45, 7) is 3.77. The Morgan fingerprint density at radius 2 is 1.71 bits per heavy atom. The van der Waals surface area contributed by atoms with Gasteiger partial charge in [-0.25, -0.2) is 0 Å². The van der Waals surface area contributed by atoms with Crippen molar-refractivity contribution >= 4 is 62.4 Å². The fourth-order valence-electron chi connectivity index (χ4n) is 2.50. The van der Waals surface area contributed by atoms with Gasteiger partial charge in [-0.2, -0.15) is 0 Å². The van der Waals surface area contributed by atoms with E-state index in [-0.39, 0.29) is 0 Å². The molecule has 2 aromatic carbocycles. The normalized spacial score (nSPS) is 14.5. The van der Waals surface area contributed by atoms with E-state index in [9.17, 15) is 0 Å². The first-order valence-corrected chi connectivity index (χ1v) is 10.2. The molecule has 24 heavy (non-hydrogen) atoms. The molecule has 0 N–H and O–H groups in total. The minimum Gasteiger partial charge on any atom is -0.487 e. The zero-order valence-corrected chi connectivity index (χ0v) is 18.1. The third kappa shape index (κ3) is 4.59. The monoisotopic (exact) mass is 565 g/mol. The highest BCUT2D eigenvalue weighted by Crippen LogP contribution is 2.30. The molecule has 0 unspecified atom stereocenters. The quantitative estimate of drug-likeness (QED) is 0.403. The Morgan fingerprint density at radius 3 is 2.33 bits per heavy atom. The first-order chi connectivity index (χ1) is 11.6. The molecular formula is C18H17I2NO2S. The predicted octanol–water partition coefficient (Wildman–Crippen LogP) is 4.48. The van der Waals surface area contributed by atoms with Crippen molar-refractivity contribution < 1.29 is 9.47 Å². The Hall–Kier alpha value is -0.450. The van der Waals surface area contributed by atoms with Crippen LogP contribution >= 0.6 is 57.4 Å². The number of halogens is 2. The molecule has 3 nitrogen and oxygen atoms in total. The Morgan fingerprint density at radius 1 is 1.08 bits per heavy atom. The van der Waals surface area contributed by atoms with Gasteiger partial charge in [-0.1, -0.05) is 42.5 Å². The molecule has 2 aromatic rings. The summed E-state index contributed by atoms with van der Waals surface area (Å²) >= 11 is 10.3. The van der Waals surface area contributed by atoms with Gasteiger partial charge in [0.05, 0.1) is 20.4 Å². The number of ether oxygens (including phenoxy) is 2. The zero-order chi connectivity index (χ0) is 16.9. The molecule has 0 spiro atoms. The van der Waals surface area contributed by atoms with Crippen molar-refractivity contribution in [1.29, 1.82) is 0 Å². The summed E-state index contributed by atoms with van der Waals surface area (Å²) in [6, 6.07) is 14.4. The van der Waals surface area contributed by atoms with Crippen molar-refractivity contribution in [3.63, 3.8) is 0 Å². The summed E-state index contributed by atoms with van der Waals surface area (Å²) in [4.78, 5) is 3.11. The van der Waals surface area contributed by atoms with E-state index < -0.39 is 0 Å². The molecule has 0 amide bonds. The second kappa shape index (κ2) is 8.77. The number of morpholine rings is 1. The van der Waals surface area contributed by atoms with Gasteiger partial charge in [0.25, 0.3) is 0 Å². The Labute approximate surface area is 175 Å². The zero-order valence-electron chi connectivity index (χ0n) is 13.0. The lowest BCUT2D eigenvalue weighted by Crippen LogP contribution is -2.40. The Kier molecular flexibility index (Phi) is 6.71. The van der Waals surface area contributed by atoms with Gasteiger partial charge in [-0.3, -0.25) is 0 Å². The third-order valence-electron chi connectivity index (χ3n) is 3.77. The van der Waals surface area contributed by atoms with Crippen LogP contribution in [-0.2, 0) is 11.3 Å². The number of nitrogens with zero attached hydrogens (tertiary/aromatic N) is 1. The minimum absolute atomic E-state index is 0.570. The first-order valence-electron chi connectivity index (χ1n) is 7.68. The highest BCUT2D eigenvalue weighted by atomic mass is 127. The lowest BCUT2D eigenvalue weighted by Gasteiger charge is -2.29. The van der Waals surface area contributed by atoms with Gasteiger partial charge in [-0.15, -0.1) is 0 Å². The largest absolute Gasteiger partial charge is 0.487 e. The number of benzene rings is 2. The van der Waals surface area contributed by atoms with E-state index in [0.29, 0.717) is 6.61 Å². The van der Waals surface area contributed by atoms with Crippen LogP contribution in [0.5, 0.6) is 5.75 Å². The van der Waals surface area contributed by atoms with Crippen molar-refractivity contribution in [2.75, 3.05) is 26.3 Å². The molecule has 0 bridgehead atoms. The number of rotatable bonds is 4. The van der Waals surface area contributed by atoms with E-state index in [1.54, 1.807) is 0 Å². The number of hydrogen-bond acceptors (Lipinski definition) is 3. The second-order valence-electron chi connectivity index (χ2n) is 5.45. The standard InChI is InChI=1S/C18H17I2NO2S/c19-15-10-14(18(24)21-6-8-22-9-7-21)11-16(20)17(15)23-12-13-4-2-1-3-5-13/h1-5,10-11H,6-9,12H2. The van der Waals surface area contributed by atoms with E-state index in [1.165, 1.54) is 0 Å². The molecule has 1 fully saturated rings. The maximum atomic E-state index is 6.04. The molecule has 3 rings (SSSR count). The molecule has 1 aliphatic rings. The maximum absolute atomic E-state index is 6.04. The molecule has 1 saturated heterocycles. The van der Waals surface area contributed by atoms with Crippen LogP contribution in [0.25, 0.3) is 0 Å². The molecular weight excluding hydrogens is 548 g/mol. The number of hydrogen-bond donors (Lipinski definition) is 0. The summed E-state index contributed by atoms with van der Waals surface area (Å²) in [5, 5.41) is 0. The smallest absolute Gasteiger partial charge is 0.146 e. The second-order valence-corrected chi connectivity index (χ2v) is 8.16. The summed E-state index contributed by atoms with van der Waals surface area (Å²) in [5.74, 6) is 0.925. The van der Waals surface area contributed by atoms with Gasteiger partial charge in [0.15, 0.2) is 0 Å². The molecule has 0 aliphatic carbocycles. The SMILES string of the molecule is S=C(c1cc(I)c(OCc2ccccc2)c(I)c1)N1CCOCC1. The maximum Gasteiger partial charge on any atom is 0.146 e. The van der Waals surface area contributed by atoms with Crippen molar-refractivity contribution in [1.82, 2.24) is 4.90 Å². The molecule has 0 radical (unpaired) electrons. The van der Waals surface area contributed by atoms with Gasteiger partial charge >= 0.3 is 0 Å². The average molecular weight is 565 g/mol. The van der Waals surface area contributed by atoms with Crippen LogP contribution in [0, 0.1) is 7.14 Å². The predicted molar refractivity (Wildman–Crippen MR) is 117 cm³/mol. The Balaban J connectivity index is 1.74. The molecule has 0 aromatic heterocycles. The highest BCUT2D eigenvalue weighted by molar-refractivity contribution is 14.1. The van der Waals surface area contributed by atoms with Crippen molar-refractivity contribution in [2.24, 2.45) is 0 Å². The van der Waals surface area contributed by atoms with Crippen LogP contribution in [0.15, 0.2) is 42.5 Å². The van der Waals surface area contributed by atoms with Crippen LogP contribution in [-0.4, -0.2) is 36.2 Å². The van der Waals surface area contributed by atoms with Crippen LogP contribution < -0.4 is 4.74 Å². The van der Waals surface area contributed by atoms with Gasteiger partial charge in [0.1, 0.15) is 17.3 Å². The fraction of sp³-hybridized carbons (Fsp3) is 0.278. The van der Waals surface area contributed by atoms with Crippen molar-refractivity contribution in [3.8, 4) is 5.75 Å². The first kappa shape index (κ1) is 18.3. The minimum atomic E-state index is 0.570. The summed E-state index contributed by atoms with van der Waals surface area (Å²) in [5.41, 5.74) is 2.24. The molecule has 1 aliphatic heterocycles. The van der Waals surface area contributed by atoms with Crippen molar-refractivity contribution in [2.45, 2.75) is 6.61 Å². The van der Waals surface area contributed by atoms with E-state index in [0.717, 1.165) is 55.3 Å². The molecule has 6 heteroatoms. The lowest BCUT2D eigenvalue weighted by molar-refractivity contribution is 0.0693. The highest BCUT2D eigenvalue weighted by Gasteiger charge is 2.18. The van der Waals surface area contributed by atoms with E-state index in [1.807, 2.05) is 18.2 Å². The Bertz CT molecular complexity index is 695. The van der Waals surface area contributed by atoms with Crippen molar-refractivity contribution in [3.05, 3.63) is 60.7 Å². The van der Waals surface area contributed by atoms with Crippen LogP contribution in [0.4, 0.5) is 0 Å². The van der Waals surface area contributed by atoms with Gasteiger partial charge in [-0.05, 0) is 62.9 Å². The topological polar surface area (TPSA) is 21.7 Å².